The molecule has 0 spiro atoms. The molecule has 0 aromatic heterocycles. The van der Waals surface area contributed by atoms with E-state index in [1.165, 1.54) is 143 Å². The number of benzene rings is 13. The Hall–Kier alpha value is -8.32. The van der Waals surface area contributed by atoms with E-state index in [1.807, 2.05) is 0 Å². The molecule has 0 aliphatic heterocycles. The zero-order chi connectivity index (χ0) is 44.4. The number of hydrogen-bond acceptors (Lipinski definition) is 0. The van der Waals surface area contributed by atoms with E-state index in [0.717, 1.165) is 0 Å². The highest BCUT2D eigenvalue weighted by Gasteiger charge is 2.36. The van der Waals surface area contributed by atoms with Crippen molar-refractivity contribution in [3.05, 3.63) is 242 Å². The first kappa shape index (κ1) is 38.0. The maximum Gasteiger partial charge on any atom is 0.0159 e. The molecule has 0 heterocycles. The molecule has 0 saturated heterocycles. The summed E-state index contributed by atoms with van der Waals surface area (Å²) in [6, 6.07) is 86.6. The third-order valence-electron chi connectivity index (χ3n) is 15.2. The molecule has 13 aromatic rings. The van der Waals surface area contributed by atoms with Gasteiger partial charge in [0, 0.05) is 5.41 Å². The molecule has 1 aliphatic carbocycles. The fraction of sp³-hybridized carbons (Fsp3) is 0.0448. The van der Waals surface area contributed by atoms with E-state index in [-0.39, 0.29) is 5.41 Å². The molecule has 0 nitrogen and oxygen atoms in total. The second-order valence-corrected chi connectivity index (χ2v) is 19.1. The zero-order valence-corrected chi connectivity index (χ0v) is 37.4. The van der Waals surface area contributed by atoms with Crippen LogP contribution in [0, 0.1) is 0 Å². The molecule has 312 valence electrons. The van der Waals surface area contributed by atoms with Crippen LogP contribution < -0.4 is 0 Å². The molecule has 13 aromatic carbocycles. The molecule has 0 atom stereocenters. The molecular weight excluding hydrogens is 805 g/mol. The Balaban J connectivity index is 1.09. The largest absolute Gasteiger partial charge is 0.0622 e. The smallest absolute Gasteiger partial charge is 0.0159 e. The lowest BCUT2D eigenvalue weighted by atomic mass is 9.79. The summed E-state index contributed by atoms with van der Waals surface area (Å²) in [7, 11) is 0. The van der Waals surface area contributed by atoms with Crippen molar-refractivity contribution in [2.45, 2.75) is 19.3 Å². The van der Waals surface area contributed by atoms with Gasteiger partial charge < -0.3 is 0 Å². The van der Waals surface area contributed by atoms with E-state index in [9.17, 15) is 0 Å². The second kappa shape index (κ2) is 14.3. The average Bonchev–Trinajstić information content (AvgIpc) is 3.61. The van der Waals surface area contributed by atoms with Gasteiger partial charge >= 0.3 is 0 Å². The van der Waals surface area contributed by atoms with Crippen molar-refractivity contribution in [2.24, 2.45) is 0 Å². The number of fused-ring (bicyclic) bond motifs is 7. The molecule has 14 rings (SSSR count). The maximum atomic E-state index is 2.56. The SMILES string of the molecule is CC1(C)c2ccccc2-c2cc3c(-c4ccc(-c5ccccc5)cc4)c4ccc(-c5ccc6c7cccc8cccc(c9cccc5c96)c87)cc4c(-c4ccc(-c5ccccc5)cc4)c3cc21. The van der Waals surface area contributed by atoms with Gasteiger partial charge in [-0.25, -0.2) is 0 Å². The first-order valence-corrected chi connectivity index (χ1v) is 23.6. The third kappa shape index (κ3) is 5.60. The van der Waals surface area contributed by atoms with E-state index in [2.05, 4.69) is 244 Å². The van der Waals surface area contributed by atoms with Gasteiger partial charge in [0.15, 0.2) is 0 Å². The average molecular weight is 849 g/mol. The summed E-state index contributed by atoms with van der Waals surface area (Å²) < 4.78 is 0. The molecule has 0 bridgehead atoms. The first-order chi connectivity index (χ1) is 33.0. The van der Waals surface area contributed by atoms with Gasteiger partial charge in [0.2, 0.25) is 0 Å². The van der Waals surface area contributed by atoms with Crippen molar-refractivity contribution >= 4 is 64.6 Å². The van der Waals surface area contributed by atoms with E-state index in [4.69, 9.17) is 0 Å². The Labute approximate surface area is 390 Å². The molecular formula is C67H44. The molecule has 0 fully saturated rings. The van der Waals surface area contributed by atoms with Gasteiger partial charge in [-0.2, -0.15) is 0 Å². The van der Waals surface area contributed by atoms with Gasteiger partial charge in [-0.15, -0.1) is 0 Å². The predicted molar refractivity (Wildman–Crippen MR) is 287 cm³/mol. The Kier molecular flexibility index (Phi) is 8.13. The van der Waals surface area contributed by atoms with Crippen LogP contribution in [0.4, 0.5) is 0 Å². The fourth-order valence-corrected chi connectivity index (χ4v) is 12.0. The van der Waals surface area contributed by atoms with E-state index < -0.39 is 0 Å². The van der Waals surface area contributed by atoms with Crippen LogP contribution in [-0.2, 0) is 5.41 Å². The number of hydrogen-bond donors (Lipinski definition) is 0. The lowest BCUT2D eigenvalue weighted by Gasteiger charge is -2.24. The van der Waals surface area contributed by atoms with Crippen LogP contribution in [0.25, 0.3) is 131 Å². The Bertz CT molecular complexity index is 4070. The topological polar surface area (TPSA) is 0 Å². The Morgan fingerprint density at radius 1 is 0.239 bits per heavy atom. The van der Waals surface area contributed by atoms with Gasteiger partial charge in [0.1, 0.15) is 0 Å². The molecule has 67 heavy (non-hydrogen) atoms. The van der Waals surface area contributed by atoms with Crippen LogP contribution in [-0.4, -0.2) is 0 Å². The summed E-state index contributed by atoms with van der Waals surface area (Å²) in [6.07, 6.45) is 0. The highest BCUT2D eigenvalue weighted by atomic mass is 14.4. The van der Waals surface area contributed by atoms with Crippen LogP contribution >= 0.6 is 0 Å². The molecule has 1 aliphatic rings. The van der Waals surface area contributed by atoms with Crippen molar-refractivity contribution in [3.63, 3.8) is 0 Å². The van der Waals surface area contributed by atoms with Crippen LogP contribution in [0.3, 0.4) is 0 Å². The summed E-state index contributed by atoms with van der Waals surface area (Å²) in [6.45, 7) is 4.80. The molecule has 0 N–H and O–H groups in total. The summed E-state index contributed by atoms with van der Waals surface area (Å²) in [5, 5.41) is 15.6. The first-order valence-electron chi connectivity index (χ1n) is 23.6. The standard InChI is InChI=1S/C67H44/c1-67(2)61-25-10-9-20-50(61)57-39-59-60(40-62(57)67)65(47-32-28-44(29-33-47)42-16-7-4-8-17-42)58-38-48(34-35-56(58)64(59)46-30-26-43(27-31-46)41-14-5-3-6-15-41)49-36-37-55-53-22-12-19-45-18-11-21-52(63(45)53)54-24-13-23-51(49)66(54)55/h3-40H,1-2H3. The lowest BCUT2D eigenvalue weighted by Crippen LogP contribution is -2.14. The van der Waals surface area contributed by atoms with Gasteiger partial charge in [-0.1, -0.05) is 226 Å². The minimum absolute atomic E-state index is 0.158. The molecule has 0 unspecified atom stereocenters. The van der Waals surface area contributed by atoms with Crippen LogP contribution in [0.2, 0.25) is 0 Å². The lowest BCUT2D eigenvalue weighted by molar-refractivity contribution is 0.661. The maximum absolute atomic E-state index is 2.56. The highest BCUT2D eigenvalue weighted by molar-refractivity contribution is 6.34. The normalized spacial score (nSPS) is 13.0. The molecule has 0 saturated carbocycles. The van der Waals surface area contributed by atoms with Crippen molar-refractivity contribution < 1.29 is 0 Å². The minimum atomic E-state index is -0.158. The number of rotatable bonds is 5. The van der Waals surface area contributed by atoms with Gasteiger partial charge in [0.25, 0.3) is 0 Å². The molecule has 0 heteroatoms. The van der Waals surface area contributed by atoms with Crippen molar-refractivity contribution in [3.8, 4) is 66.8 Å². The fourth-order valence-electron chi connectivity index (χ4n) is 12.0. The highest BCUT2D eigenvalue weighted by Crippen LogP contribution is 2.54. The Morgan fingerprint density at radius 3 is 1.36 bits per heavy atom. The second-order valence-electron chi connectivity index (χ2n) is 19.1. The van der Waals surface area contributed by atoms with Gasteiger partial charge in [0.05, 0.1) is 0 Å². The molecule has 0 amide bonds. The van der Waals surface area contributed by atoms with Crippen LogP contribution in [0.1, 0.15) is 25.0 Å². The monoisotopic (exact) mass is 848 g/mol. The van der Waals surface area contributed by atoms with Crippen molar-refractivity contribution in [1.82, 2.24) is 0 Å². The Morgan fingerprint density at radius 2 is 0.701 bits per heavy atom. The summed E-state index contributed by atoms with van der Waals surface area (Å²) in [5.74, 6) is 0. The van der Waals surface area contributed by atoms with Crippen molar-refractivity contribution in [1.29, 1.82) is 0 Å². The molecule has 0 radical (unpaired) electrons. The third-order valence-corrected chi connectivity index (χ3v) is 15.2. The summed E-state index contributed by atoms with van der Waals surface area (Å²) in [4.78, 5) is 0. The van der Waals surface area contributed by atoms with Crippen molar-refractivity contribution in [2.75, 3.05) is 0 Å². The van der Waals surface area contributed by atoms with Gasteiger partial charge in [-0.3, -0.25) is 0 Å². The summed E-state index contributed by atoms with van der Waals surface area (Å²) >= 11 is 0. The zero-order valence-electron chi connectivity index (χ0n) is 37.4. The predicted octanol–water partition coefficient (Wildman–Crippen LogP) is 18.7. The van der Waals surface area contributed by atoms with E-state index in [0.29, 0.717) is 0 Å². The van der Waals surface area contributed by atoms with Gasteiger partial charge in [-0.05, 0) is 161 Å². The quantitative estimate of drug-likeness (QED) is 0.120. The van der Waals surface area contributed by atoms with E-state index >= 15 is 0 Å². The van der Waals surface area contributed by atoms with Crippen LogP contribution in [0.15, 0.2) is 231 Å². The summed E-state index contributed by atoms with van der Waals surface area (Å²) in [5.41, 5.74) is 17.6. The minimum Gasteiger partial charge on any atom is -0.0622 e. The van der Waals surface area contributed by atoms with E-state index in [1.54, 1.807) is 0 Å². The van der Waals surface area contributed by atoms with Crippen LogP contribution in [0.5, 0.6) is 0 Å².